The quantitative estimate of drug-likeness (QED) is 0.129. The van der Waals surface area contributed by atoms with Crippen molar-refractivity contribution in [2.75, 3.05) is 7.11 Å². The summed E-state index contributed by atoms with van der Waals surface area (Å²) in [5.41, 5.74) is 7.46. The molecule has 1 aromatic heterocycles. The number of rotatable bonds is 7. The van der Waals surface area contributed by atoms with Crippen molar-refractivity contribution in [3.63, 3.8) is 0 Å². The van der Waals surface area contributed by atoms with Crippen LogP contribution >= 0.6 is 11.3 Å². The van der Waals surface area contributed by atoms with Crippen molar-refractivity contribution in [1.82, 2.24) is 0 Å². The van der Waals surface area contributed by atoms with Crippen molar-refractivity contribution in [3.8, 4) is 17.6 Å². The second-order valence-electron chi connectivity index (χ2n) is 8.89. The van der Waals surface area contributed by atoms with E-state index in [9.17, 15) is 10.4 Å². The third-order valence-electron chi connectivity index (χ3n) is 6.53. The highest BCUT2D eigenvalue weighted by Gasteiger charge is 2.18. The van der Waals surface area contributed by atoms with Crippen LogP contribution in [0.1, 0.15) is 32.7 Å². The molecule has 5 heteroatoms. The number of phenols is 1. The van der Waals surface area contributed by atoms with E-state index in [1.54, 1.807) is 19.2 Å². The molecule has 5 aromatic rings. The zero-order valence-corrected chi connectivity index (χ0v) is 22.5. The molecule has 1 heterocycles. The molecular weight excluding hydrogens is 512 g/mol. The number of hydrogen-bond acceptors (Lipinski definition) is 4. The highest BCUT2D eigenvalue weighted by molar-refractivity contribution is 7.11. The van der Waals surface area contributed by atoms with Gasteiger partial charge in [-0.15, -0.1) is 11.3 Å². The van der Waals surface area contributed by atoms with Crippen LogP contribution in [-0.2, 0) is 0 Å². The van der Waals surface area contributed by atoms with Crippen LogP contribution in [0.4, 0.5) is 0 Å². The summed E-state index contributed by atoms with van der Waals surface area (Å²) in [7, 11) is 1.65. The maximum atomic E-state index is 10.0. The lowest BCUT2D eigenvalue weighted by Gasteiger charge is -2.19. The first-order valence-corrected chi connectivity index (χ1v) is 13.4. The Balaban J connectivity index is 1.77. The Bertz CT molecular complexity index is 1740. The summed E-state index contributed by atoms with van der Waals surface area (Å²) in [4.78, 5) is 4.39. The molecule has 0 atom stereocenters. The highest BCUT2D eigenvalue weighted by Crippen LogP contribution is 2.39. The molecule has 0 radical (unpaired) electrons. The molecular formula is C35H24N2O2S. The van der Waals surface area contributed by atoms with Gasteiger partial charge in [0, 0.05) is 10.5 Å². The van der Waals surface area contributed by atoms with E-state index in [1.807, 2.05) is 96.4 Å². The van der Waals surface area contributed by atoms with Crippen molar-refractivity contribution in [3.05, 3.63) is 170 Å². The lowest BCUT2D eigenvalue weighted by Crippen LogP contribution is -1.98. The fourth-order valence-corrected chi connectivity index (χ4v) is 5.45. The first kappa shape index (κ1) is 26.3. The van der Waals surface area contributed by atoms with Gasteiger partial charge in [-0.2, -0.15) is 0 Å². The van der Waals surface area contributed by atoms with Crippen molar-refractivity contribution in [1.29, 1.82) is 5.26 Å². The van der Waals surface area contributed by atoms with E-state index in [0.717, 1.165) is 49.6 Å². The third-order valence-corrected chi connectivity index (χ3v) is 7.42. The minimum atomic E-state index is 0.0667. The number of nitrogens with zero attached hydrogens (tertiary/aromatic N) is 2. The van der Waals surface area contributed by atoms with Crippen molar-refractivity contribution < 1.29 is 9.84 Å². The second-order valence-corrected chi connectivity index (χ2v) is 9.84. The van der Waals surface area contributed by atoms with Gasteiger partial charge in [0.1, 0.15) is 11.5 Å². The lowest BCUT2D eigenvalue weighted by atomic mass is 9.85. The lowest BCUT2D eigenvalue weighted by molar-refractivity contribution is 0.415. The minimum Gasteiger partial charge on any atom is -0.508 e. The van der Waals surface area contributed by atoms with Gasteiger partial charge in [0.2, 0.25) is 0 Å². The van der Waals surface area contributed by atoms with E-state index in [0.29, 0.717) is 5.57 Å². The molecule has 0 unspecified atom stereocenters. The van der Waals surface area contributed by atoms with Gasteiger partial charge in [0.15, 0.2) is 0 Å². The number of benzene rings is 4. The molecule has 0 aliphatic heterocycles. The van der Waals surface area contributed by atoms with Crippen molar-refractivity contribution in [2.24, 2.45) is 0 Å². The summed E-state index contributed by atoms with van der Waals surface area (Å²) in [5.74, 6) is 0.963. The van der Waals surface area contributed by atoms with Crippen LogP contribution in [0.15, 0.2) is 126 Å². The van der Waals surface area contributed by atoms with E-state index in [-0.39, 0.29) is 11.4 Å². The Morgan fingerprint density at radius 2 is 1.20 bits per heavy atom. The predicted molar refractivity (Wildman–Crippen MR) is 162 cm³/mol. The van der Waals surface area contributed by atoms with Crippen LogP contribution in [0.3, 0.4) is 0 Å². The topological polar surface area (TPSA) is 57.6 Å². The number of hydrogen-bond donors (Lipinski definition) is 1. The molecule has 4 aromatic carbocycles. The number of nitriles is 1. The number of aromatic hydroxyl groups is 1. The average molecular weight is 537 g/mol. The molecule has 0 saturated carbocycles. The first-order valence-electron chi connectivity index (χ1n) is 12.5. The van der Waals surface area contributed by atoms with Gasteiger partial charge < -0.3 is 9.84 Å². The molecule has 0 saturated heterocycles. The zero-order chi connectivity index (χ0) is 27.9. The Labute approximate surface area is 237 Å². The van der Waals surface area contributed by atoms with Gasteiger partial charge >= 0.3 is 0 Å². The number of thiophene rings is 1. The summed E-state index contributed by atoms with van der Waals surface area (Å²) in [6.07, 6.45) is 0. The summed E-state index contributed by atoms with van der Waals surface area (Å²) < 4.78 is 5.41. The van der Waals surface area contributed by atoms with Gasteiger partial charge in [-0.25, -0.2) is 10.1 Å². The maximum absolute atomic E-state index is 10.0. The Morgan fingerprint density at radius 3 is 1.68 bits per heavy atom. The van der Waals surface area contributed by atoms with E-state index in [1.165, 1.54) is 11.3 Å². The smallest absolute Gasteiger partial charge is 0.270 e. The third kappa shape index (κ3) is 5.42. The molecule has 0 aliphatic carbocycles. The van der Waals surface area contributed by atoms with E-state index >= 15 is 0 Å². The molecule has 0 spiro atoms. The molecule has 0 aliphatic rings. The van der Waals surface area contributed by atoms with Gasteiger partial charge in [-0.05, 0) is 74.7 Å². The monoisotopic (exact) mass is 536 g/mol. The fraction of sp³-hybridized carbons (Fsp3) is 0.0286. The maximum Gasteiger partial charge on any atom is 0.270 e. The van der Waals surface area contributed by atoms with E-state index < -0.39 is 0 Å². The number of allylic oxidation sites excluding steroid dienone is 1. The van der Waals surface area contributed by atoms with Gasteiger partial charge in [-0.1, -0.05) is 84.9 Å². The van der Waals surface area contributed by atoms with Gasteiger partial charge in [0.25, 0.3) is 5.70 Å². The van der Waals surface area contributed by atoms with Crippen molar-refractivity contribution >= 4 is 28.1 Å². The molecule has 0 fully saturated rings. The van der Waals surface area contributed by atoms with Crippen LogP contribution in [0.25, 0.3) is 21.6 Å². The molecule has 5 rings (SSSR count). The Morgan fingerprint density at radius 1 is 0.700 bits per heavy atom. The summed E-state index contributed by atoms with van der Waals surface area (Å²) in [6, 6.07) is 39.3. The molecule has 40 heavy (non-hydrogen) atoms. The van der Waals surface area contributed by atoms with Crippen LogP contribution in [-0.4, -0.2) is 12.2 Å². The van der Waals surface area contributed by atoms with Crippen LogP contribution in [0.5, 0.6) is 11.5 Å². The Kier molecular flexibility index (Phi) is 7.88. The fourth-order valence-electron chi connectivity index (χ4n) is 4.66. The van der Waals surface area contributed by atoms with Gasteiger partial charge in [-0.3, -0.25) is 0 Å². The molecule has 1 N–H and O–H groups in total. The first-order chi connectivity index (χ1) is 19.6. The summed E-state index contributed by atoms with van der Waals surface area (Å²) in [6.45, 7) is 7.57. The average Bonchev–Trinajstić information content (AvgIpc) is 3.54. The van der Waals surface area contributed by atoms with Gasteiger partial charge in [0.05, 0.1) is 19.8 Å². The van der Waals surface area contributed by atoms with E-state index in [4.69, 9.17) is 11.3 Å². The number of methoxy groups -OCH3 is 1. The van der Waals surface area contributed by atoms with Crippen molar-refractivity contribution in [2.45, 2.75) is 0 Å². The second kappa shape index (κ2) is 12.0. The SMILES string of the molecule is [C-]#[N+]/C(C#N)=C(\c1ccc(/C(=C(/c2ccc(O)cc2)c2ccc(OC)cc2)c2ccccc2)cc1)c1cccs1. The number of phenolic OH excluding ortho intramolecular Hbond substituents is 1. The molecule has 0 amide bonds. The zero-order valence-electron chi connectivity index (χ0n) is 21.7. The normalized spacial score (nSPS) is 12.0. The Hall–Kier alpha value is -5.36. The summed E-state index contributed by atoms with van der Waals surface area (Å²) in [5, 5.41) is 21.6. The standard InChI is InChI=1S/C35H24N2O2S/c1-37-31(23-36)35(32-9-6-22-40-32)28-12-10-25(11-13-28)33(24-7-4-3-5-8-24)34(26-14-18-29(38)19-15-26)27-16-20-30(39-2)21-17-27/h3-22,38H,2H3/b34-33-,35-31+. The number of ether oxygens (including phenoxy) is 1. The van der Waals surface area contributed by atoms with Crippen LogP contribution in [0.2, 0.25) is 0 Å². The van der Waals surface area contributed by atoms with Crippen LogP contribution in [0, 0.1) is 17.9 Å². The van der Waals surface area contributed by atoms with Crippen LogP contribution < -0.4 is 4.74 Å². The molecule has 192 valence electrons. The van der Waals surface area contributed by atoms with E-state index in [2.05, 4.69) is 23.0 Å². The molecule has 0 bridgehead atoms. The highest BCUT2D eigenvalue weighted by atomic mass is 32.1. The predicted octanol–water partition coefficient (Wildman–Crippen LogP) is 8.67. The summed E-state index contributed by atoms with van der Waals surface area (Å²) >= 11 is 1.50. The largest absolute Gasteiger partial charge is 0.508 e. The minimum absolute atomic E-state index is 0.0667. The molecule has 4 nitrogen and oxygen atoms in total.